The highest BCUT2D eigenvalue weighted by molar-refractivity contribution is 7.88. The predicted molar refractivity (Wildman–Crippen MR) is 98.6 cm³/mol. The van der Waals surface area contributed by atoms with Crippen molar-refractivity contribution >= 4 is 26.6 Å². The minimum atomic E-state index is -3.65. The van der Waals surface area contributed by atoms with E-state index in [1.165, 1.54) is 6.26 Å². The van der Waals surface area contributed by atoms with Gasteiger partial charge >= 0.3 is 0 Å². The van der Waals surface area contributed by atoms with Crippen LogP contribution in [0, 0.1) is 6.92 Å². The number of hydrogen-bond donors (Lipinski definition) is 1. The maximum absolute atomic E-state index is 12.6. The summed E-state index contributed by atoms with van der Waals surface area (Å²) in [5.74, 6) is 0.495. The number of nitrogens with one attached hydrogen (secondary N) is 1. The van der Waals surface area contributed by atoms with Gasteiger partial charge in [0.2, 0.25) is 10.0 Å². The quantitative estimate of drug-likeness (QED) is 0.765. The van der Waals surface area contributed by atoms with Crippen LogP contribution in [0.25, 0.3) is 10.9 Å². The lowest BCUT2D eigenvalue weighted by Crippen LogP contribution is -2.30. The highest BCUT2D eigenvalue weighted by atomic mass is 32.2. The zero-order chi connectivity index (χ0) is 18.5. The Morgan fingerprint density at radius 2 is 2.08 bits per heavy atom. The number of H-pyrrole nitrogens is 1. The molecule has 0 fully saturated rings. The molecule has 1 aliphatic rings. The van der Waals surface area contributed by atoms with Crippen LogP contribution in [-0.4, -0.2) is 29.8 Å². The summed E-state index contributed by atoms with van der Waals surface area (Å²) in [6, 6.07) is 10.2. The largest absolute Gasteiger partial charge is 0.463 e. The van der Waals surface area contributed by atoms with Gasteiger partial charge in [-0.25, -0.2) is 8.42 Å². The maximum atomic E-state index is 12.6. The Kier molecular flexibility index (Phi) is 3.73. The molecule has 0 amide bonds. The molecule has 0 bridgehead atoms. The number of rotatable bonds is 3. The van der Waals surface area contributed by atoms with Crippen molar-refractivity contribution in [3.8, 4) is 0 Å². The number of fused-ring (bicyclic) bond motifs is 1. The number of sulfonamides is 1. The van der Waals surface area contributed by atoms with Crippen LogP contribution < -0.4 is 5.56 Å². The Hall–Kier alpha value is -2.87. The van der Waals surface area contributed by atoms with Crippen LogP contribution in [0.4, 0.5) is 0 Å². The lowest BCUT2D eigenvalue weighted by Gasteiger charge is -2.21. The number of pyridine rings is 1. The first-order valence-electron chi connectivity index (χ1n) is 8.07. The fourth-order valence-corrected chi connectivity index (χ4v) is 4.11. The number of aromatic nitrogens is 1. The van der Waals surface area contributed by atoms with Gasteiger partial charge in [-0.3, -0.25) is 4.79 Å². The normalized spacial score (nSPS) is 17.7. The molecule has 7 nitrogen and oxygen atoms in total. The van der Waals surface area contributed by atoms with Crippen LogP contribution in [0.2, 0.25) is 0 Å². The number of aryl methyl sites for hydroxylation is 1. The molecule has 1 aliphatic heterocycles. The fourth-order valence-electron chi connectivity index (χ4n) is 3.21. The number of hydrogen-bond acceptors (Lipinski definition) is 5. The van der Waals surface area contributed by atoms with Gasteiger partial charge in [0.25, 0.3) is 5.56 Å². The number of benzene rings is 1. The summed E-state index contributed by atoms with van der Waals surface area (Å²) in [5.41, 5.74) is 2.29. The molecule has 2 aromatic heterocycles. The van der Waals surface area contributed by atoms with E-state index in [0.717, 1.165) is 21.6 Å². The second-order valence-corrected chi connectivity index (χ2v) is 8.26. The van der Waals surface area contributed by atoms with Gasteiger partial charge in [0.15, 0.2) is 0 Å². The molecule has 0 saturated carbocycles. The third kappa shape index (κ3) is 2.82. The minimum absolute atomic E-state index is 0.265. The maximum Gasteiger partial charge on any atom is 0.253 e. The van der Waals surface area contributed by atoms with E-state index in [1.807, 2.05) is 25.1 Å². The first-order valence-corrected chi connectivity index (χ1v) is 9.92. The molecule has 0 saturated heterocycles. The lowest BCUT2D eigenvalue weighted by molar-refractivity contribution is 0.373. The summed E-state index contributed by atoms with van der Waals surface area (Å²) < 4.78 is 30.8. The highest BCUT2D eigenvalue weighted by Gasteiger charge is 2.36. The van der Waals surface area contributed by atoms with E-state index in [-0.39, 0.29) is 12.0 Å². The summed E-state index contributed by atoms with van der Waals surface area (Å²) in [7, 11) is -3.65. The molecule has 26 heavy (non-hydrogen) atoms. The average Bonchev–Trinajstić information content (AvgIpc) is 3.23. The highest BCUT2D eigenvalue weighted by Crippen LogP contribution is 2.34. The van der Waals surface area contributed by atoms with Crippen molar-refractivity contribution in [1.82, 2.24) is 9.40 Å². The second kappa shape index (κ2) is 5.84. The topological polar surface area (TPSA) is 95.7 Å². The van der Waals surface area contributed by atoms with Gasteiger partial charge in [0.05, 0.1) is 18.6 Å². The number of nitrogens with zero attached hydrogens (tertiary/aromatic N) is 2. The Labute approximate surface area is 150 Å². The molecule has 3 aromatic rings. The van der Waals surface area contributed by atoms with Crippen LogP contribution in [0.5, 0.6) is 0 Å². The Morgan fingerprint density at radius 3 is 2.77 bits per heavy atom. The lowest BCUT2D eigenvalue weighted by atomic mass is 10.0. The molecule has 0 unspecified atom stereocenters. The minimum Gasteiger partial charge on any atom is -0.463 e. The van der Waals surface area contributed by atoms with Gasteiger partial charge in [-0.2, -0.15) is 9.52 Å². The smallest absolute Gasteiger partial charge is 0.253 e. The van der Waals surface area contributed by atoms with Crippen molar-refractivity contribution in [3.63, 3.8) is 0 Å². The first kappa shape index (κ1) is 16.6. The molecule has 134 valence electrons. The predicted octanol–water partition coefficient (Wildman–Crippen LogP) is 2.54. The summed E-state index contributed by atoms with van der Waals surface area (Å²) in [5, 5.41) is 5.06. The van der Waals surface area contributed by atoms with E-state index in [4.69, 9.17) is 4.42 Å². The average molecular weight is 371 g/mol. The van der Waals surface area contributed by atoms with Crippen LogP contribution in [0.3, 0.4) is 0 Å². The molecule has 0 spiro atoms. The zero-order valence-electron chi connectivity index (χ0n) is 14.3. The number of aromatic amines is 1. The van der Waals surface area contributed by atoms with Crippen molar-refractivity contribution in [2.45, 2.75) is 19.4 Å². The van der Waals surface area contributed by atoms with Crippen molar-refractivity contribution in [2.24, 2.45) is 5.10 Å². The van der Waals surface area contributed by atoms with Crippen molar-refractivity contribution in [2.75, 3.05) is 6.26 Å². The van der Waals surface area contributed by atoms with Crippen LogP contribution in [0.1, 0.15) is 29.3 Å². The van der Waals surface area contributed by atoms with Crippen molar-refractivity contribution in [3.05, 3.63) is 69.9 Å². The van der Waals surface area contributed by atoms with E-state index in [2.05, 4.69) is 10.1 Å². The third-order valence-electron chi connectivity index (χ3n) is 4.41. The molecule has 4 rings (SSSR count). The summed E-state index contributed by atoms with van der Waals surface area (Å²) in [6.07, 6.45) is 2.84. The number of hydrazone groups is 1. The van der Waals surface area contributed by atoms with E-state index < -0.39 is 16.1 Å². The van der Waals surface area contributed by atoms with Gasteiger partial charge in [-0.1, -0.05) is 11.6 Å². The molecule has 8 heteroatoms. The SMILES string of the molecule is Cc1ccc2[nH]c(=O)c([C@H]3CC(c4ccco4)=NN3S(C)(=O)=O)cc2c1. The first-order chi connectivity index (χ1) is 12.3. The van der Waals surface area contributed by atoms with Crippen LogP contribution in [-0.2, 0) is 10.0 Å². The monoisotopic (exact) mass is 371 g/mol. The van der Waals surface area contributed by atoms with Gasteiger partial charge in [0, 0.05) is 17.5 Å². The molecule has 1 atom stereocenters. The van der Waals surface area contributed by atoms with Gasteiger partial charge in [-0.05, 0) is 42.6 Å². The summed E-state index contributed by atoms with van der Waals surface area (Å²) >= 11 is 0. The molecule has 1 aromatic carbocycles. The molecular formula is C18H17N3O4S. The van der Waals surface area contributed by atoms with Gasteiger partial charge in [0.1, 0.15) is 11.5 Å². The number of furan rings is 1. The zero-order valence-corrected chi connectivity index (χ0v) is 15.1. The Bertz CT molecular complexity index is 1180. The van der Waals surface area contributed by atoms with Crippen molar-refractivity contribution in [1.29, 1.82) is 0 Å². The van der Waals surface area contributed by atoms with E-state index >= 15 is 0 Å². The summed E-state index contributed by atoms with van der Waals surface area (Å²) in [4.78, 5) is 15.5. The molecular weight excluding hydrogens is 354 g/mol. The second-order valence-electron chi connectivity index (χ2n) is 6.42. The molecule has 0 aliphatic carbocycles. The molecule has 1 N–H and O–H groups in total. The van der Waals surface area contributed by atoms with Gasteiger partial charge in [-0.15, -0.1) is 0 Å². The Morgan fingerprint density at radius 1 is 1.27 bits per heavy atom. The van der Waals surface area contributed by atoms with E-state index in [9.17, 15) is 13.2 Å². The van der Waals surface area contributed by atoms with E-state index in [1.54, 1.807) is 18.2 Å². The third-order valence-corrected chi connectivity index (χ3v) is 5.42. The van der Waals surface area contributed by atoms with Crippen LogP contribution in [0.15, 0.2) is 57.0 Å². The van der Waals surface area contributed by atoms with Crippen molar-refractivity contribution < 1.29 is 12.8 Å². The van der Waals surface area contributed by atoms with Crippen LogP contribution >= 0.6 is 0 Å². The summed E-state index contributed by atoms with van der Waals surface area (Å²) in [6.45, 7) is 1.96. The molecule has 0 radical (unpaired) electrons. The fraction of sp³-hybridized carbons (Fsp3) is 0.222. The molecule has 3 heterocycles. The van der Waals surface area contributed by atoms with E-state index in [0.29, 0.717) is 22.6 Å². The van der Waals surface area contributed by atoms with Gasteiger partial charge < -0.3 is 9.40 Å². The standard InChI is InChI=1S/C18H17N3O4S/c1-11-5-6-14-12(8-11)9-13(18(22)19-14)16-10-15(17-4-3-7-25-17)20-21(16)26(2,23)24/h3-9,16H,10H2,1-2H3,(H,19,22)/t16-/m1/s1. The Balaban J connectivity index is 1.85.